The molecule has 0 radical (unpaired) electrons. The number of pyridine rings is 1. The van der Waals surface area contributed by atoms with E-state index in [0.29, 0.717) is 0 Å². The average Bonchev–Trinajstić information content (AvgIpc) is 3.02. The van der Waals surface area contributed by atoms with Crippen LogP contribution in [0, 0.1) is 6.92 Å². The first kappa shape index (κ1) is 10.3. The molecular weight excluding hydrogens is 238 g/mol. The number of rotatable bonds is 1. The number of benzene rings is 1. The molecule has 1 aromatic carbocycles. The van der Waals surface area contributed by atoms with Gasteiger partial charge in [0, 0.05) is 11.6 Å². The van der Waals surface area contributed by atoms with E-state index < -0.39 is 0 Å². The molecule has 3 aromatic heterocycles. The van der Waals surface area contributed by atoms with Gasteiger partial charge in [0.15, 0.2) is 11.5 Å². The first-order valence-corrected chi connectivity index (χ1v) is 6.08. The van der Waals surface area contributed by atoms with Crippen molar-refractivity contribution >= 4 is 22.1 Å². The van der Waals surface area contributed by atoms with Gasteiger partial charge in [-0.05, 0) is 24.6 Å². The van der Waals surface area contributed by atoms with Crippen LogP contribution in [0.4, 0.5) is 0 Å². The van der Waals surface area contributed by atoms with Crippen molar-refractivity contribution < 1.29 is 0 Å². The fraction of sp³-hybridized carbons (Fsp3) is 0.0714. The Morgan fingerprint density at radius 1 is 1.11 bits per heavy atom. The number of aryl methyl sites for hydroxylation is 1. The maximum Gasteiger partial charge on any atom is 0.178 e. The van der Waals surface area contributed by atoms with Gasteiger partial charge < -0.3 is 4.98 Å². The van der Waals surface area contributed by atoms with Crippen LogP contribution >= 0.6 is 0 Å². The first-order chi connectivity index (χ1) is 9.33. The highest BCUT2D eigenvalue weighted by molar-refractivity contribution is 5.92. The standard InChI is InChI=1S/C14H11N5/c1-8-6-7-15-13-11(8)16-14(17-13)12-9-4-2-3-5-10(9)18-19-12/h2-7H,1H3,(H,18,19)(H,15,16,17). The highest BCUT2D eigenvalue weighted by atomic mass is 15.1. The van der Waals surface area contributed by atoms with Crippen LogP contribution < -0.4 is 0 Å². The predicted molar refractivity (Wildman–Crippen MR) is 73.7 cm³/mol. The quantitative estimate of drug-likeness (QED) is 0.545. The van der Waals surface area contributed by atoms with Crippen molar-refractivity contribution in [3.8, 4) is 11.5 Å². The monoisotopic (exact) mass is 249 g/mol. The molecule has 0 aliphatic heterocycles. The highest BCUT2D eigenvalue weighted by Gasteiger charge is 2.13. The molecule has 0 unspecified atom stereocenters. The third kappa shape index (κ3) is 1.45. The third-order valence-corrected chi connectivity index (χ3v) is 3.30. The molecule has 0 saturated carbocycles. The zero-order valence-corrected chi connectivity index (χ0v) is 10.3. The second kappa shape index (κ2) is 3.65. The molecule has 4 aromatic rings. The Kier molecular flexibility index (Phi) is 1.97. The van der Waals surface area contributed by atoms with Crippen molar-refractivity contribution in [1.29, 1.82) is 0 Å². The molecule has 0 spiro atoms. The summed E-state index contributed by atoms with van der Waals surface area (Å²) in [6, 6.07) is 9.97. The largest absolute Gasteiger partial charge is 0.335 e. The fourth-order valence-electron chi connectivity index (χ4n) is 2.29. The van der Waals surface area contributed by atoms with E-state index in [-0.39, 0.29) is 0 Å². The van der Waals surface area contributed by atoms with E-state index in [9.17, 15) is 0 Å². The van der Waals surface area contributed by atoms with E-state index in [2.05, 4.69) is 25.1 Å². The number of hydrogen-bond donors (Lipinski definition) is 2. The van der Waals surface area contributed by atoms with E-state index in [1.54, 1.807) is 6.20 Å². The molecule has 5 nitrogen and oxygen atoms in total. The van der Waals surface area contributed by atoms with Gasteiger partial charge in [-0.25, -0.2) is 9.97 Å². The molecule has 5 heteroatoms. The number of aromatic amines is 2. The average molecular weight is 249 g/mol. The molecule has 2 N–H and O–H groups in total. The maximum absolute atomic E-state index is 4.52. The molecule has 0 bridgehead atoms. The topological polar surface area (TPSA) is 70.2 Å². The Hall–Kier alpha value is -2.69. The Morgan fingerprint density at radius 2 is 2.00 bits per heavy atom. The summed E-state index contributed by atoms with van der Waals surface area (Å²) in [6.07, 6.45) is 1.77. The van der Waals surface area contributed by atoms with Gasteiger partial charge in [-0.2, -0.15) is 5.10 Å². The SMILES string of the molecule is Cc1ccnc2nc(-c3n[nH]c4ccccc34)[nH]c12. The minimum absolute atomic E-state index is 0.724. The Balaban J connectivity index is 2.02. The minimum Gasteiger partial charge on any atom is -0.335 e. The van der Waals surface area contributed by atoms with Gasteiger partial charge in [0.25, 0.3) is 0 Å². The van der Waals surface area contributed by atoms with Gasteiger partial charge in [-0.3, -0.25) is 5.10 Å². The number of hydrogen-bond acceptors (Lipinski definition) is 3. The molecule has 0 aliphatic rings. The summed E-state index contributed by atoms with van der Waals surface area (Å²) in [5, 5.41) is 8.41. The molecule has 19 heavy (non-hydrogen) atoms. The van der Waals surface area contributed by atoms with Gasteiger partial charge in [0.2, 0.25) is 0 Å². The van der Waals surface area contributed by atoms with Gasteiger partial charge in [-0.1, -0.05) is 18.2 Å². The van der Waals surface area contributed by atoms with Crippen molar-refractivity contribution in [3.05, 3.63) is 42.1 Å². The maximum atomic E-state index is 4.52. The molecule has 0 atom stereocenters. The smallest absolute Gasteiger partial charge is 0.178 e. The molecule has 0 aliphatic carbocycles. The normalized spacial score (nSPS) is 11.4. The summed E-state index contributed by atoms with van der Waals surface area (Å²) in [4.78, 5) is 12.1. The number of nitrogens with zero attached hydrogens (tertiary/aromatic N) is 3. The summed E-state index contributed by atoms with van der Waals surface area (Å²) in [5.74, 6) is 0.745. The van der Waals surface area contributed by atoms with Gasteiger partial charge in [0.05, 0.1) is 11.0 Å². The summed E-state index contributed by atoms with van der Waals surface area (Å²) in [6.45, 7) is 2.04. The van der Waals surface area contributed by atoms with Crippen molar-refractivity contribution in [2.45, 2.75) is 6.92 Å². The first-order valence-electron chi connectivity index (χ1n) is 6.08. The summed E-state index contributed by atoms with van der Waals surface area (Å²) < 4.78 is 0. The van der Waals surface area contributed by atoms with Crippen LogP contribution in [-0.4, -0.2) is 25.1 Å². The summed E-state index contributed by atoms with van der Waals surface area (Å²) >= 11 is 0. The number of aromatic nitrogens is 5. The van der Waals surface area contributed by atoms with Crippen LogP contribution in [0.15, 0.2) is 36.5 Å². The minimum atomic E-state index is 0.724. The molecular formula is C14H11N5. The van der Waals surface area contributed by atoms with Gasteiger partial charge in [0.1, 0.15) is 5.69 Å². The van der Waals surface area contributed by atoms with Crippen LogP contribution in [0.2, 0.25) is 0 Å². The third-order valence-electron chi connectivity index (χ3n) is 3.30. The van der Waals surface area contributed by atoms with Gasteiger partial charge >= 0.3 is 0 Å². The Bertz CT molecular complexity index is 887. The number of para-hydroxylation sites is 1. The molecule has 92 valence electrons. The second-order valence-corrected chi connectivity index (χ2v) is 4.53. The lowest BCUT2D eigenvalue weighted by atomic mass is 10.2. The van der Waals surface area contributed by atoms with E-state index in [1.807, 2.05) is 37.3 Å². The zero-order valence-electron chi connectivity index (χ0n) is 10.3. The van der Waals surface area contributed by atoms with Crippen LogP contribution in [0.5, 0.6) is 0 Å². The highest BCUT2D eigenvalue weighted by Crippen LogP contribution is 2.25. The van der Waals surface area contributed by atoms with Crippen molar-refractivity contribution in [2.75, 3.05) is 0 Å². The molecule has 0 fully saturated rings. The zero-order chi connectivity index (χ0) is 12.8. The number of fused-ring (bicyclic) bond motifs is 2. The number of H-pyrrole nitrogens is 2. The summed E-state index contributed by atoms with van der Waals surface area (Å²) in [7, 11) is 0. The van der Waals surface area contributed by atoms with Crippen molar-refractivity contribution in [1.82, 2.24) is 25.1 Å². The molecule has 0 amide bonds. The molecule has 0 saturated heterocycles. The van der Waals surface area contributed by atoms with Crippen LogP contribution in [-0.2, 0) is 0 Å². The van der Waals surface area contributed by atoms with Crippen LogP contribution in [0.3, 0.4) is 0 Å². The second-order valence-electron chi connectivity index (χ2n) is 4.53. The van der Waals surface area contributed by atoms with Crippen LogP contribution in [0.25, 0.3) is 33.6 Å². The fourth-order valence-corrected chi connectivity index (χ4v) is 2.29. The van der Waals surface area contributed by atoms with Crippen molar-refractivity contribution in [3.63, 3.8) is 0 Å². The van der Waals surface area contributed by atoms with E-state index in [1.165, 1.54) is 0 Å². The van der Waals surface area contributed by atoms with Crippen molar-refractivity contribution in [2.24, 2.45) is 0 Å². The van der Waals surface area contributed by atoms with E-state index >= 15 is 0 Å². The Labute approximate surface area is 108 Å². The van der Waals surface area contributed by atoms with Gasteiger partial charge in [-0.15, -0.1) is 0 Å². The lowest BCUT2D eigenvalue weighted by molar-refractivity contribution is 1.10. The number of nitrogens with one attached hydrogen (secondary N) is 2. The predicted octanol–water partition coefficient (Wildman–Crippen LogP) is 2.81. The lowest BCUT2D eigenvalue weighted by Crippen LogP contribution is -1.81. The van der Waals surface area contributed by atoms with Crippen LogP contribution in [0.1, 0.15) is 5.56 Å². The summed E-state index contributed by atoms with van der Waals surface area (Å²) in [5.41, 5.74) is 4.64. The van der Waals surface area contributed by atoms with E-state index in [4.69, 9.17) is 0 Å². The van der Waals surface area contributed by atoms with E-state index in [0.717, 1.165) is 39.1 Å². The number of imidazole rings is 1. The molecule has 4 rings (SSSR count). The molecule has 3 heterocycles. The lowest BCUT2D eigenvalue weighted by Gasteiger charge is -1.92. The Morgan fingerprint density at radius 3 is 2.89 bits per heavy atom.